The maximum atomic E-state index is 9.21. The Balaban J connectivity index is 2.59. The van der Waals surface area contributed by atoms with Crippen LogP contribution in [0.4, 0.5) is 0 Å². The van der Waals surface area contributed by atoms with Crippen LogP contribution in [0.25, 0.3) is 10.8 Å². The molecule has 0 amide bonds. The van der Waals surface area contributed by atoms with E-state index in [1.165, 1.54) is 5.39 Å². The molecule has 2 aromatic carbocycles. The first-order valence-electron chi connectivity index (χ1n) is 4.98. The predicted molar refractivity (Wildman–Crippen MR) is 63.4 cm³/mol. The van der Waals surface area contributed by atoms with Crippen molar-refractivity contribution in [1.82, 2.24) is 0 Å². The number of hydrogen-bond donors (Lipinski definition) is 1. The van der Waals surface area contributed by atoms with E-state index in [0.717, 1.165) is 10.8 Å². The second kappa shape index (κ2) is 4.47. The van der Waals surface area contributed by atoms with Crippen molar-refractivity contribution in [1.29, 1.82) is 0 Å². The molecule has 0 unspecified atom stereocenters. The Morgan fingerprint density at radius 2 is 1.87 bits per heavy atom. The van der Waals surface area contributed by atoms with Crippen LogP contribution in [0.2, 0.25) is 0 Å². The minimum atomic E-state index is -0.240. The molecule has 2 rings (SSSR count). The van der Waals surface area contributed by atoms with Gasteiger partial charge in [-0.2, -0.15) is 0 Å². The molecule has 0 aliphatic carbocycles. The summed E-state index contributed by atoms with van der Waals surface area (Å²) >= 11 is 0. The highest BCUT2D eigenvalue weighted by Crippen LogP contribution is 2.11. The van der Waals surface area contributed by atoms with Crippen molar-refractivity contribution < 1.29 is 9.76 Å². The van der Waals surface area contributed by atoms with Crippen molar-refractivity contribution >= 4 is 23.2 Å². The Bertz CT molecular complexity index is 447. The molecule has 76 valence electrons. The fourth-order valence-corrected chi connectivity index (χ4v) is 1.83. The van der Waals surface area contributed by atoms with Gasteiger partial charge in [-0.15, -0.1) is 0 Å². The molecule has 0 atom stereocenters. The Kier molecular flexibility index (Phi) is 3.04. The Morgan fingerprint density at radius 1 is 1.13 bits per heavy atom. The fraction of sp³-hybridized carbons (Fsp3) is 0.167. The van der Waals surface area contributed by atoms with E-state index in [1.54, 1.807) is 7.11 Å². The molecule has 0 saturated carbocycles. The van der Waals surface area contributed by atoms with Crippen LogP contribution >= 0.6 is 0 Å². The monoisotopic (exact) mass is 200 g/mol. The number of aliphatic hydroxyl groups is 1. The first-order valence-corrected chi connectivity index (χ1v) is 4.98. The van der Waals surface area contributed by atoms with Crippen molar-refractivity contribution in [2.45, 2.75) is 0 Å². The van der Waals surface area contributed by atoms with Crippen LogP contribution in [0.3, 0.4) is 0 Å². The van der Waals surface area contributed by atoms with Crippen LogP contribution in [0.5, 0.6) is 0 Å². The first-order chi connectivity index (χ1) is 7.36. The standard InChI is InChI=1S/C12H13BO2/c1-15-13(9-14)12-8-4-6-10-5-2-3-7-11(10)12/h2-8,14H,9H2,1H3. The zero-order valence-electron chi connectivity index (χ0n) is 8.68. The summed E-state index contributed by atoms with van der Waals surface area (Å²) in [6.45, 7) is -0.235. The molecule has 15 heavy (non-hydrogen) atoms. The lowest BCUT2D eigenvalue weighted by Crippen LogP contribution is -2.37. The Morgan fingerprint density at radius 3 is 2.60 bits per heavy atom. The lowest BCUT2D eigenvalue weighted by atomic mass is 9.60. The quantitative estimate of drug-likeness (QED) is 0.754. The van der Waals surface area contributed by atoms with Crippen LogP contribution in [0.15, 0.2) is 42.5 Å². The van der Waals surface area contributed by atoms with Gasteiger partial charge in [0.15, 0.2) is 0 Å². The van der Waals surface area contributed by atoms with Gasteiger partial charge in [-0.25, -0.2) is 0 Å². The van der Waals surface area contributed by atoms with Crippen LogP contribution in [0, 0.1) is 0 Å². The van der Waals surface area contributed by atoms with Crippen LogP contribution < -0.4 is 5.46 Å². The van der Waals surface area contributed by atoms with E-state index in [9.17, 15) is 5.11 Å². The van der Waals surface area contributed by atoms with Gasteiger partial charge in [-0.1, -0.05) is 42.5 Å². The van der Waals surface area contributed by atoms with E-state index in [1.807, 2.05) is 30.3 Å². The average Bonchev–Trinajstić information content (AvgIpc) is 2.31. The van der Waals surface area contributed by atoms with Crippen molar-refractivity contribution in [2.75, 3.05) is 13.6 Å². The van der Waals surface area contributed by atoms with Gasteiger partial charge in [-0.3, -0.25) is 0 Å². The fourth-order valence-electron chi connectivity index (χ4n) is 1.83. The molecule has 2 aromatic rings. The molecule has 0 heterocycles. The summed E-state index contributed by atoms with van der Waals surface area (Å²) in [6.07, 6.45) is 0. The number of hydrogen-bond acceptors (Lipinski definition) is 2. The molecule has 1 N–H and O–H groups in total. The number of rotatable bonds is 3. The summed E-state index contributed by atoms with van der Waals surface area (Å²) in [4.78, 5) is 0. The van der Waals surface area contributed by atoms with Gasteiger partial charge in [-0.05, 0) is 16.2 Å². The van der Waals surface area contributed by atoms with Crippen molar-refractivity contribution in [3.8, 4) is 0 Å². The average molecular weight is 200 g/mol. The molecule has 0 saturated heterocycles. The molecular formula is C12H13BO2. The number of aliphatic hydroxyl groups excluding tert-OH is 1. The molecule has 0 aliphatic rings. The molecule has 0 radical (unpaired) electrons. The van der Waals surface area contributed by atoms with E-state index in [-0.39, 0.29) is 13.4 Å². The maximum absolute atomic E-state index is 9.21. The third-order valence-electron chi connectivity index (χ3n) is 2.62. The van der Waals surface area contributed by atoms with Crippen LogP contribution in [-0.2, 0) is 4.65 Å². The maximum Gasteiger partial charge on any atom is 0.353 e. The highest BCUT2D eigenvalue weighted by atomic mass is 16.4. The summed E-state index contributed by atoms with van der Waals surface area (Å²) in [5.74, 6) is 0. The van der Waals surface area contributed by atoms with Gasteiger partial charge in [0.05, 0.1) is 6.51 Å². The van der Waals surface area contributed by atoms with Crippen LogP contribution in [0.1, 0.15) is 0 Å². The van der Waals surface area contributed by atoms with E-state index in [4.69, 9.17) is 4.65 Å². The molecule has 0 bridgehead atoms. The van der Waals surface area contributed by atoms with Crippen molar-refractivity contribution in [3.63, 3.8) is 0 Å². The van der Waals surface area contributed by atoms with Gasteiger partial charge < -0.3 is 9.76 Å². The second-order valence-electron chi connectivity index (χ2n) is 3.48. The number of fused-ring (bicyclic) bond motifs is 1. The van der Waals surface area contributed by atoms with Gasteiger partial charge in [0.2, 0.25) is 0 Å². The lowest BCUT2D eigenvalue weighted by molar-refractivity contribution is 0.322. The molecular weight excluding hydrogens is 187 g/mol. The van der Waals surface area contributed by atoms with Gasteiger partial charge in [0.1, 0.15) is 0 Å². The first kappa shape index (κ1) is 10.2. The smallest absolute Gasteiger partial charge is 0.353 e. The molecule has 0 aliphatic heterocycles. The summed E-state index contributed by atoms with van der Waals surface area (Å²) in [5.41, 5.74) is 1.04. The van der Waals surface area contributed by atoms with Gasteiger partial charge in [0, 0.05) is 7.11 Å². The van der Waals surface area contributed by atoms with E-state index >= 15 is 0 Å². The SMILES string of the molecule is COB(CO)c1cccc2ccccc12. The zero-order valence-corrected chi connectivity index (χ0v) is 8.68. The minimum absolute atomic E-state index is 0.00447. The Hall–Kier alpha value is -1.32. The third kappa shape index (κ3) is 1.89. The second-order valence-corrected chi connectivity index (χ2v) is 3.48. The zero-order chi connectivity index (χ0) is 10.7. The van der Waals surface area contributed by atoms with Gasteiger partial charge in [0.25, 0.3) is 0 Å². The van der Waals surface area contributed by atoms with E-state index < -0.39 is 0 Å². The predicted octanol–water partition coefficient (Wildman–Crippen LogP) is 1.22. The summed E-state index contributed by atoms with van der Waals surface area (Å²) in [7, 11) is 1.61. The van der Waals surface area contributed by atoms with Gasteiger partial charge >= 0.3 is 6.92 Å². The highest BCUT2D eigenvalue weighted by Gasteiger charge is 2.17. The molecule has 0 spiro atoms. The van der Waals surface area contributed by atoms with Crippen LogP contribution in [-0.4, -0.2) is 25.6 Å². The molecule has 2 nitrogen and oxygen atoms in total. The molecule has 0 fully saturated rings. The van der Waals surface area contributed by atoms with E-state index in [2.05, 4.69) is 12.1 Å². The van der Waals surface area contributed by atoms with Crippen molar-refractivity contribution in [2.24, 2.45) is 0 Å². The Labute approximate surface area is 89.6 Å². The van der Waals surface area contributed by atoms with Crippen molar-refractivity contribution in [3.05, 3.63) is 42.5 Å². The topological polar surface area (TPSA) is 29.5 Å². The summed E-state index contributed by atoms with van der Waals surface area (Å²) < 4.78 is 5.24. The lowest BCUT2D eigenvalue weighted by Gasteiger charge is -2.11. The largest absolute Gasteiger partial charge is 0.432 e. The molecule has 0 aromatic heterocycles. The normalized spacial score (nSPS) is 10.5. The molecule has 3 heteroatoms. The number of benzene rings is 2. The highest BCUT2D eigenvalue weighted by molar-refractivity contribution is 6.69. The summed E-state index contributed by atoms with van der Waals surface area (Å²) in [6, 6.07) is 14.1. The van der Waals surface area contributed by atoms with E-state index in [0.29, 0.717) is 0 Å². The minimum Gasteiger partial charge on any atom is -0.432 e. The summed E-state index contributed by atoms with van der Waals surface area (Å²) in [5, 5.41) is 11.5. The third-order valence-corrected chi connectivity index (χ3v) is 2.62.